The number of aromatic nitrogens is 2. The Labute approximate surface area is 205 Å². The van der Waals surface area contributed by atoms with Crippen LogP contribution in [0.3, 0.4) is 0 Å². The number of aliphatic hydroxyl groups excluding tert-OH is 1. The molecular weight excluding hydrogens is 438 g/mol. The van der Waals surface area contributed by atoms with Gasteiger partial charge in [0.2, 0.25) is 0 Å². The maximum atomic E-state index is 13.8. The highest BCUT2D eigenvalue weighted by Crippen LogP contribution is 2.30. The molecule has 0 bridgehead atoms. The highest BCUT2D eigenvalue weighted by Gasteiger charge is 2.24. The number of aryl methyl sites for hydroxylation is 2. The van der Waals surface area contributed by atoms with Crippen molar-refractivity contribution in [3.05, 3.63) is 99.6 Å². The number of pyridine rings is 2. The maximum absolute atomic E-state index is 13.8. The van der Waals surface area contributed by atoms with Gasteiger partial charge < -0.3 is 15.0 Å². The average molecular weight is 470 g/mol. The molecule has 0 spiro atoms. The summed E-state index contributed by atoms with van der Waals surface area (Å²) in [6.07, 6.45) is 2.15. The number of carbonyl (C=O) groups excluding carboxylic acids is 1. The van der Waals surface area contributed by atoms with Crippen molar-refractivity contribution < 1.29 is 9.90 Å². The Balaban J connectivity index is 1.88. The van der Waals surface area contributed by atoms with E-state index in [1.54, 1.807) is 12.3 Å². The summed E-state index contributed by atoms with van der Waals surface area (Å²) >= 11 is 0. The lowest BCUT2D eigenvalue weighted by Crippen LogP contribution is -2.34. The van der Waals surface area contributed by atoms with Gasteiger partial charge >= 0.3 is 0 Å². The number of fused-ring (bicyclic) bond motifs is 1. The van der Waals surface area contributed by atoms with E-state index in [0.717, 1.165) is 22.3 Å². The SMILES string of the molecule is Cc1cc(C)cc(CNC(=O)c2c(-c3ccccc3)c3cccnc3c(=O)n2CC[C@@H](C)CO)c1. The second-order valence-electron chi connectivity index (χ2n) is 9.20. The van der Waals surface area contributed by atoms with Crippen LogP contribution in [0.25, 0.3) is 22.0 Å². The summed E-state index contributed by atoms with van der Waals surface area (Å²) < 4.78 is 1.53. The molecule has 2 aromatic heterocycles. The molecule has 0 unspecified atom stereocenters. The van der Waals surface area contributed by atoms with Gasteiger partial charge in [0, 0.05) is 36.8 Å². The molecule has 1 atom stereocenters. The molecule has 2 aromatic carbocycles. The number of benzene rings is 2. The Hall–Kier alpha value is -3.77. The third-order valence-electron chi connectivity index (χ3n) is 6.20. The third-order valence-corrected chi connectivity index (χ3v) is 6.20. The van der Waals surface area contributed by atoms with E-state index in [1.165, 1.54) is 4.57 Å². The van der Waals surface area contributed by atoms with Crippen LogP contribution in [0, 0.1) is 19.8 Å². The molecule has 0 saturated heterocycles. The Morgan fingerprint density at radius 3 is 2.46 bits per heavy atom. The number of rotatable bonds is 8. The summed E-state index contributed by atoms with van der Waals surface area (Å²) in [7, 11) is 0. The van der Waals surface area contributed by atoms with Crippen LogP contribution in [-0.4, -0.2) is 27.2 Å². The summed E-state index contributed by atoms with van der Waals surface area (Å²) in [6.45, 7) is 6.65. The molecule has 0 aliphatic carbocycles. The summed E-state index contributed by atoms with van der Waals surface area (Å²) in [5.74, 6) is -0.324. The molecule has 4 aromatic rings. The van der Waals surface area contributed by atoms with Crippen molar-refractivity contribution in [2.75, 3.05) is 6.61 Å². The van der Waals surface area contributed by atoms with Crippen LogP contribution in [0.2, 0.25) is 0 Å². The van der Waals surface area contributed by atoms with Crippen LogP contribution >= 0.6 is 0 Å². The van der Waals surface area contributed by atoms with Gasteiger partial charge in [-0.15, -0.1) is 0 Å². The minimum absolute atomic E-state index is 0.00677. The van der Waals surface area contributed by atoms with Gasteiger partial charge in [0.15, 0.2) is 0 Å². The van der Waals surface area contributed by atoms with Crippen molar-refractivity contribution in [1.82, 2.24) is 14.9 Å². The molecule has 6 nitrogen and oxygen atoms in total. The average Bonchev–Trinajstić information content (AvgIpc) is 2.86. The number of nitrogens with one attached hydrogen (secondary N) is 1. The number of aliphatic hydroxyl groups is 1. The molecule has 35 heavy (non-hydrogen) atoms. The zero-order chi connectivity index (χ0) is 24.9. The molecule has 0 fully saturated rings. The molecular formula is C29H31N3O3. The van der Waals surface area contributed by atoms with E-state index in [1.807, 2.05) is 69.3 Å². The quantitative estimate of drug-likeness (QED) is 0.394. The monoisotopic (exact) mass is 469 g/mol. The summed E-state index contributed by atoms with van der Waals surface area (Å²) in [5, 5.41) is 13.2. The van der Waals surface area contributed by atoms with Gasteiger partial charge in [-0.25, -0.2) is 0 Å². The van der Waals surface area contributed by atoms with Gasteiger partial charge in [-0.1, -0.05) is 72.6 Å². The van der Waals surface area contributed by atoms with Crippen molar-refractivity contribution in [3.8, 4) is 11.1 Å². The smallest absolute Gasteiger partial charge is 0.277 e. The molecule has 1 amide bonds. The lowest BCUT2D eigenvalue weighted by atomic mass is 9.97. The van der Waals surface area contributed by atoms with Gasteiger partial charge in [0.25, 0.3) is 11.5 Å². The number of hydrogen-bond donors (Lipinski definition) is 2. The fraction of sp³-hybridized carbons (Fsp3) is 0.276. The second-order valence-corrected chi connectivity index (χ2v) is 9.20. The molecule has 2 heterocycles. The zero-order valence-electron chi connectivity index (χ0n) is 20.4. The number of amides is 1. The van der Waals surface area contributed by atoms with Gasteiger partial charge in [0.05, 0.1) is 0 Å². The van der Waals surface area contributed by atoms with Crippen LogP contribution in [0.15, 0.2) is 71.7 Å². The van der Waals surface area contributed by atoms with E-state index in [-0.39, 0.29) is 24.0 Å². The lowest BCUT2D eigenvalue weighted by Gasteiger charge is -2.20. The van der Waals surface area contributed by atoms with Crippen molar-refractivity contribution in [2.24, 2.45) is 5.92 Å². The number of carbonyl (C=O) groups is 1. The first-order valence-electron chi connectivity index (χ1n) is 11.9. The largest absolute Gasteiger partial charge is 0.396 e. The van der Waals surface area contributed by atoms with Crippen molar-refractivity contribution in [2.45, 2.75) is 40.3 Å². The molecule has 0 saturated carbocycles. The Morgan fingerprint density at radius 1 is 1.06 bits per heavy atom. The Morgan fingerprint density at radius 2 is 1.77 bits per heavy atom. The fourth-order valence-corrected chi connectivity index (χ4v) is 4.49. The van der Waals surface area contributed by atoms with E-state index < -0.39 is 0 Å². The maximum Gasteiger partial charge on any atom is 0.277 e. The van der Waals surface area contributed by atoms with E-state index in [0.29, 0.717) is 41.7 Å². The molecule has 0 aliphatic rings. The van der Waals surface area contributed by atoms with Crippen LogP contribution < -0.4 is 10.9 Å². The van der Waals surface area contributed by atoms with Crippen LogP contribution in [-0.2, 0) is 13.1 Å². The minimum atomic E-state index is -0.317. The molecule has 0 aliphatic heterocycles. The predicted molar refractivity (Wildman–Crippen MR) is 139 cm³/mol. The fourth-order valence-electron chi connectivity index (χ4n) is 4.49. The van der Waals surface area contributed by atoms with Crippen molar-refractivity contribution in [1.29, 1.82) is 0 Å². The van der Waals surface area contributed by atoms with Crippen molar-refractivity contribution in [3.63, 3.8) is 0 Å². The van der Waals surface area contributed by atoms with Gasteiger partial charge in [-0.3, -0.25) is 14.6 Å². The van der Waals surface area contributed by atoms with E-state index in [4.69, 9.17) is 0 Å². The zero-order valence-corrected chi connectivity index (χ0v) is 20.4. The van der Waals surface area contributed by atoms with Crippen LogP contribution in [0.4, 0.5) is 0 Å². The van der Waals surface area contributed by atoms with Crippen molar-refractivity contribution >= 4 is 16.8 Å². The molecule has 180 valence electrons. The predicted octanol–water partition coefficient (Wildman–Crippen LogP) is 4.63. The molecule has 4 rings (SSSR count). The van der Waals surface area contributed by atoms with Crippen LogP contribution in [0.1, 0.15) is 40.5 Å². The minimum Gasteiger partial charge on any atom is -0.396 e. The summed E-state index contributed by atoms with van der Waals surface area (Å²) in [6, 6.07) is 19.4. The summed E-state index contributed by atoms with van der Waals surface area (Å²) in [5.41, 5.74) is 5.13. The Bertz CT molecular complexity index is 1390. The number of nitrogens with zero attached hydrogens (tertiary/aromatic N) is 2. The normalized spacial score (nSPS) is 12.0. The molecule has 2 N–H and O–H groups in total. The first-order chi connectivity index (χ1) is 16.9. The molecule has 6 heteroatoms. The lowest BCUT2D eigenvalue weighted by molar-refractivity contribution is 0.0940. The van der Waals surface area contributed by atoms with Crippen LogP contribution in [0.5, 0.6) is 0 Å². The second kappa shape index (κ2) is 10.7. The highest BCUT2D eigenvalue weighted by molar-refractivity contribution is 6.07. The van der Waals surface area contributed by atoms with Gasteiger partial charge in [-0.05, 0) is 43.4 Å². The highest BCUT2D eigenvalue weighted by atomic mass is 16.3. The van der Waals surface area contributed by atoms with E-state index in [9.17, 15) is 14.7 Å². The van der Waals surface area contributed by atoms with E-state index >= 15 is 0 Å². The first-order valence-corrected chi connectivity index (χ1v) is 11.9. The third kappa shape index (κ3) is 5.33. The van der Waals surface area contributed by atoms with Gasteiger partial charge in [-0.2, -0.15) is 0 Å². The van der Waals surface area contributed by atoms with Gasteiger partial charge in [0.1, 0.15) is 11.2 Å². The summed E-state index contributed by atoms with van der Waals surface area (Å²) in [4.78, 5) is 31.7. The topological polar surface area (TPSA) is 84.2 Å². The standard InChI is InChI=1S/C29H31N3O3/c1-19(18-33)11-13-32-27(28(34)31-17-22-15-20(2)14-21(3)16-22)25(23-8-5-4-6-9-23)24-10-7-12-30-26(24)29(32)35/h4-10,12,14-16,19,33H,11,13,17-18H2,1-3H3,(H,31,34)/t19-/m1/s1. The van der Waals surface area contributed by atoms with E-state index in [2.05, 4.69) is 16.4 Å². The first kappa shape index (κ1) is 24.4. The Kier molecular flexibility index (Phi) is 7.42. The number of hydrogen-bond acceptors (Lipinski definition) is 4. The molecule has 0 radical (unpaired) electrons.